The van der Waals surface area contributed by atoms with Crippen molar-refractivity contribution in [2.45, 2.75) is 52.0 Å². The van der Waals surface area contributed by atoms with E-state index in [1.807, 2.05) is 18.2 Å². The van der Waals surface area contributed by atoms with E-state index >= 15 is 0 Å². The summed E-state index contributed by atoms with van der Waals surface area (Å²) in [5.41, 5.74) is 1.36. The molecule has 0 atom stereocenters. The lowest BCUT2D eigenvalue weighted by atomic mass is 9.76. The van der Waals surface area contributed by atoms with Gasteiger partial charge in [0.25, 0.3) is 0 Å². The van der Waals surface area contributed by atoms with Gasteiger partial charge < -0.3 is 5.32 Å². The third-order valence-electron chi connectivity index (χ3n) is 4.46. The Morgan fingerprint density at radius 1 is 1.16 bits per heavy atom. The summed E-state index contributed by atoms with van der Waals surface area (Å²) in [5, 5.41) is 5.27. The normalized spacial score (nSPS) is 15.8. The van der Waals surface area contributed by atoms with Crippen molar-refractivity contribution in [3.05, 3.63) is 33.8 Å². The molecule has 1 aliphatic carbocycles. The molecule has 1 nitrogen and oxygen atoms in total. The summed E-state index contributed by atoms with van der Waals surface area (Å²) in [6.45, 7) is 5.60. The molecule has 19 heavy (non-hydrogen) atoms. The van der Waals surface area contributed by atoms with Crippen LogP contribution in [0, 0.1) is 5.41 Å². The quantitative estimate of drug-likeness (QED) is 0.739. The van der Waals surface area contributed by atoms with Gasteiger partial charge in [-0.05, 0) is 55.2 Å². The van der Waals surface area contributed by atoms with Crippen molar-refractivity contribution in [3.63, 3.8) is 0 Å². The number of nitrogens with one attached hydrogen (secondary N) is 1. The first-order valence-corrected chi connectivity index (χ1v) is 8.02. The van der Waals surface area contributed by atoms with Crippen LogP contribution in [-0.4, -0.2) is 12.6 Å². The smallest absolute Gasteiger partial charge is 0.0453 e. The minimum absolute atomic E-state index is 0.261. The van der Waals surface area contributed by atoms with Crippen LogP contribution in [0.2, 0.25) is 10.0 Å². The highest BCUT2D eigenvalue weighted by atomic mass is 35.5. The molecule has 1 saturated carbocycles. The highest BCUT2D eigenvalue weighted by Crippen LogP contribution is 2.36. The van der Waals surface area contributed by atoms with Crippen molar-refractivity contribution in [2.24, 2.45) is 5.41 Å². The Kier molecular flexibility index (Phi) is 5.16. The summed E-state index contributed by atoms with van der Waals surface area (Å²) in [4.78, 5) is 0. The summed E-state index contributed by atoms with van der Waals surface area (Å²) in [6, 6.07) is 6.54. The lowest BCUT2D eigenvalue weighted by Crippen LogP contribution is -2.36. The van der Waals surface area contributed by atoms with Gasteiger partial charge in [0, 0.05) is 22.6 Å². The van der Waals surface area contributed by atoms with Crippen LogP contribution in [0.1, 0.15) is 45.1 Å². The Labute approximate surface area is 126 Å². The minimum atomic E-state index is 0.261. The van der Waals surface area contributed by atoms with Crippen LogP contribution in [0.25, 0.3) is 0 Å². The number of rotatable bonds is 7. The predicted molar refractivity (Wildman–Crippen MR) is 84.2 cm³/mol. The molecule has 0 radical (unpaired) electrons. The number of benzene rings is 1. The molecule has 3 heteroatoms. The standard InChI is InChI=1S/C16H23Cl2N/c1-3-16(4-2,11-19-12-8-9-12)10-13-14(17)6-5-7-15(13)18/h5-7,12,19H,3-4,8-11H2,1-2H3. The Balaban J connectivity index is 2.14. The van der Waals surface area contributed by atoms with Crippen LogP contribution in [0.5, 0.6) is 0 Å². The van der Waals surface area contributed by atoms with E-state index in [0.29, 0.717) is 0 Å². The number of halogens is 2. The summed E-state index contributed by atoms with van der Waals surface area (Å²) in [6.07, 6.45) is 5.90. The van der Waals surface area contributed by atoms with Gasteiger partial charge in [-0.3, -0.25) is 0 Å². The highest BCUT2D eigenvalue weighted by molar-refractivity contribution is 6.36. The average Bonchev–Trinajstić information content (AvgIpc) is 3.22. The first-order chi connectivity index (χ1) is 9.10. The lowest BCUT2D eigenvalue weighted by molar-refractivity contribution is 0.245. The zero-order valence-electron chi connectivity index (χ0n) is 11.8. The SMILES string of the molecule is CCC(CC)(CNC1CC1)Cc1c(Cl)cccc1Cl. The van der Waals surface area contributed by atoms with E-state index in [4.69, 9.17) is 23.2 Å². The fraction of sp³-hybridized carbons (Fsp3) is 0.625. The maximum atomic E-state index is 6.32. The van der Waals surface area contributed by atoms with E-state index in [-0.39, 0.29) is 5.41 Å². The van der Waals surface area contributed by atoms with Gasteiger partial charge in [-0.15, -0.1) is 0 Å². The van der Waals surface area contributed by atoms with Crippen molar-refractivity contribution < 1.29 is 0 Å². The predicted octanol–water partition coefficient (Wildman–Crippen LogP) is 5.09. The van der Waals surface area contributed by atoms with Gasteiger partial charge in [0.2, 0.25) is 0 Å². The molecule has 1 fully saturated rings. The Hall–Kier alpha value is -0.240. The zero-order chi connectivity index (χ0) is 13.9. The van der Waals surface area contributed by atoms with E-state index in [2.05, 4.69) is 19.2 Å². The van der Waals surface area contributed by atoms with Crippen LogP contribution in [0.4, 0.5) is 0 Å². The van der Waals surface area contributed by atoms with E-state index in [1.54, 1.807) is 0 Å². The minimum Gasteiger partial charge on any atom is -0.313 e. The van der Waals surface area contributed by atoms with Crippen LogP contribution in [0.3, 0.4) is 0 Å². The Morgan fingerprint density at radius 3 is 2.21 bits per heavy atom. The van der Waals surface area contributed by atoms with Gasteiger partial charge in [0.05, 0.1) is 0 Å². The molecule has 0 bridgehead atoms. The summed E-state index contributed by atoms with van der Waals surface area (Å²) in [7, 11) is 0. The Morgan fingerprint density at radius 2 is 1.74 bits per heavy atom. The van der Waals surface area contributed by atoms with Crippen LogP contribution in [0.15, 0.2) is 18.2 Å². The van der Waals surface area contributed by atoms with Crippen LogP contribution >= 0.6 is 23.2 Å². The van der Waals surface area contributed by atoms with Crippen molar-refractivity contribution in [3.8, 4) is 0 Å². The maximum Gasteiger partial charge on any atom is 0.0453 e. The van der Waals surface area contributed by atoms with E-state index in [1.165, 1.54) is 12.8 Å². The molecule has 1 N–H and O–H groups in total. The molecule has 2 rings (SSSR count). The van der Waals surface area contributed by atoms with E-state index in [0.717, 1.165) is 47.5 Å². The van der Waals surface area contributed by atoms with Crippen molar-refractivity contribution in [2.75, 3.05) is 6.54 Å². The molecule has 0 amide bonds. The fourth-order valence-corrected chi connectivity index (χ4v) is 3.07. The third kappa shape index (κ3) is 3.87. The van der Waals surface area contributed by atoms with Gasteiger partial charge in [-0.2, -0.15) is 0 Å². The molecule has 0 aliphatic heterocycles. The summed E-state index contributed by atoms with van der Waals surface area (Å²) < 4.78 is 0. The lowest BCUT2D eigenvalue weighted by Gasteiger charge is -2.33. The zero-order valence-corrected chi connectivity index (χ0v) is 13.3. The van der Waals surface area contributed by atoms with Crippen LogP contribution < -0.4 is 5.32 Å². The van der Waals surface area contributed by atoms with Gasteiger partial charge in [0.15, 0.2) is 0 Å². The van der Waals surface area contributed by atoms with Gasteiger partial charge in [-0.25, -0.2) is 0 Å². The average molecular weight is 300 g/mol. The largest absolute Gasteiger partial charge is 0.313 e. The second-order valence-corrected chi connectivity index (χ2v) is 6.55. The van der Waals surface area contributed by atoms with Crippen molar-refractivity contribution in [1.82, 2.24) is 5.32 Å². The van der Waals surface area contributed by atoms with Crippen molar-refractivity contribution >= 4 is 23.2 Å². The fourth-order valence-electron chi connectivity index (χ4n) is 2.54. The highest BCUT2D eigenvalue weighted by Gasteiger charge is 2.31. The molecule has 1 aromatic carbocycles. The third-order valence-corrected chi connectivity index (χ3v) is 5.16. The molecule has 106 valence electrons. The summed E-state index contributed by atoms with van der Waals surface area (Å²) >= 11 is 12.6. The van der Waals surface area contributed by atoms with Gasteiger partial charge >= 0.3 is 0 Å². The first kappa shape index (κ1) is 15.2. The molecule has 1 aliphatic rings. The van der Waals surface area contributed by atoms with Crippen molar-refractivity contribution in [1.29, 1.82) is 0 Å². The molecule has 0 spiro atoms. The number of hydrogen-bond acceptors (Lipinski definition) is 1. The molecular formula is C16H23Cl2N. The van der Waals surface area contributed by atoms with E-state index in [9.17, 15) is 0 Å². The number of hydrogen-bond donors (Lipinski definition) is 1. The molecular weight excluding hydrogens is 277 g/mol. The van der Waals surface area contributed by atoms with E-state index < -0.39 is 0 Å². The second-order valence-electron chi connectivity index (χ2n) is 5.74. The van der Waals surface area contributed by atoms with Crippen LogP contribution in [-0.2, 0) is 6.42 Å². The van der Waals surface area contributed by atoms with Gasteiger partial charge in [-0.1, -0.05) is 43.1 Å². The molecule has 1 aromatic rings. The second kappa shape index (κ2) is 6.47. The summed E-state index contributed by atoms with van der Waals surface area (Å²) in [5.74, 6) is 0. The maximum absolute atomic E-state index is 6.32. The topological polar surface area (TPSA) is 12.0 Å². The molecule has 0 aromatic heterocycles. The molecule has 0 heterocycles. The molecule has 0 saturated heterocycles. The Bertz CT molecular complexity index is 403. The monoisotopic (exact) mass is 299 g/mol. The first-order valence-electron chi connectivity index (χ1n) is 7.26. The molecule has 0 unspecified atom stereocenters. The van der Waals surface area contributed by atoms with Gasteiger partial charge in [0.1, 0.15) is 0 Å².